The lowest BCUT2D eigenvalue weighted by Gasteiger charge is -2.20. The van der Waals surface area contributed by atoms with Crippen molar-refractivity contribution in [2.24, 2.45) is 0 Å². The summed E-state index contributed by atoms with van der Waals surface area (Å²) in [6.07, 6.45) is 0.726. The van der Waals surface area contributed by atoms with Crippen molar-refractivity contribution >= 4 is 11.8 Å². The number of halogens is 1. The highest BCUT2D eigenvalue weighted by Gasteiger charge is 2.18. The van der Waals surface area contributed by atoms with Crippen LogP contribution in [-0.2, 0) is 30.1 Å². The van der Waals surface area contributed by atoms with Gasteiger partial charge in [-0.05, 0) is 24.1 Å². The average Bonchev–Trinajstić information content (AvgIpc) is 3.04. The fraction of sp³-hybridized carbons (Fsp3) is 0.263. The monoisotopic (exact) mass is 387 g/mol. The molecule has 140 valence electrons. The normalized spacial score (nSPS) is 13.2. The largest absolute Gasteiger partial charge is 0.467 e. The number of aryl methyl sites for hydroxylation is 1. The zero-order chi connectivity index (χ0) is 18.6. The molecule has 0 radical (unpaired) electrons. The maximum absolute atomic E-state index is 13.9. The van der Waals surface area contributed by atoms with Crippen LogP contribution in [-0.4, -0.2) is 21.6 Å². The molecule has 0 amide bonds. The number of hydrogen-bond acceptors (Lipinski definition) is 5. The Bertz CT molecular complexity index is 988. The minimum absolute atomic E-state index is 0.153. The van der Waals surface area contributed by atoms with Crippen LogP contribution in [0.15, 0.2) is 52.4 Å². The maximum Gasteiger partial charge on any atom is 0.343 e. The molecule has 6 nitrogen and oxygen atoms in total. The summed E-state index contributed by atoms with van der Waals surface area (Å²) in [5.41, 5.74) is 2.32. The van der Waals surface area contributed by atoms with Crippen molar-refractivity contribution in [3.05, 3.63) is 75.5 Å². The highest BCUT2D eigenvalue weighted by molar-refractivity contribution is 7.98. The van der Waals surface area contributed by atoms with E-state index in [0.29, 0.717) is 35.4 Å². The average molecular weight is 387 g/mol. The predicted octanol–water partition coefficient (Wildman–Crippen LogP) is 3.11. The Morgan fingerprint density at radius 2 is 2.11 bits per heavy atom. The van der Waals surface area contributed by atoms with Crippen molar-refractivity contribution in [1.82, 2.24) is 14.8 Å². The van der Waals surface area contributed by atoms with Gasteiger partial charge in [-0.2, -0.15) is 0 Å². The first-order chi connectivity index (χ1) is 13.2. The second-order valence-electron chi connectivity index (χ2n) is 6.15. The third-order valence-corrected chi connectivity index (χ3v) is 5.32. The molecule has 0 aliphatic carbocycles. The second-order valence-corrected chi connectivity index (χ2v) is 7.09. The molecule has 0 atom stereocenters. The van der Waals surface area contributed by atoms with Gasteiger partial charge in [-0.15, -0.1) is 5.10 Å². The van der Waals surface area contributed by atoms with Crippen LogP contribution in [0.4, 0.5) is 4.39 Å². The molecule has 0 fully saturated rings. The smallest absolute Gasteiger partial charge is 0.343 e. The van der Waals surface area contributed by atoms with Gasteiger partial charge >= 0.3 is 5.69 Å². The Labute approximate surface area is 159 Å². The molecule has 0 unspecified atom stereocenters. The zero-order valence-electron chi connectivity index (χ0n) is 14.5. The van der Waals surface area contributed by atoms with Gasteiger partial charge in [0.1, 0.15) is 11.6 Å². The van der Waals surface area contributed by atoms with E-state index in [-0.39, 0.29) is 18.3 Å². The van der Waals surface area contributed by atoms with Crippen molar-refractivity contribution < 1.29 is 13.9 Å². The molecule has 3 aromatic rings. The highest BCUT2D eigenvalue weighted by Crippen LogP contribution is 2.33. The molecule has 0 saturated heterocycles. The number of hydrogen-bond donors (Lipinski definition) is 1. The van der Waals surface area contributed by atoms with Crippen molar-refractivity contribution in [2.45, 2.75) is 30.5 Å². The van der Waals surface area contributed by atoms with E-state index in [2.05, 4.69) is 10.2 Å². The molecule has 0 spiro atoms. The molecule has 0 saturated carbocycles. The first-order valence-corrected chi connectivity index (χ1v) is 9.53. The maximum atomic E-state index is 13.9. The summed E-state index contributed by atoms with van der Waals surface area (Å²) in [5.74, 6) is 0.765. The van der Waals surface area contributed by atoms with Gasteiger partial charge in [0.25, 0.3) is 0 Å². The summed E-state index contributed by atoms with van der Waals surface area (Å²) >= 11 is 1.37. The van der Waals surface area contributed by atoms with E-state index < -0.39 is 0 Å². The Kier molecular flexibility index (Phi) is 5.26. The van der Waals surface area contributed by atoms with Gasteiger partial charge in [-0.3, -0.25) is 4.57 Å². The summed E-state index contributed by atoms with van der Waals surface area (Å²) in [6, 6.07) is 12.8. The van der Waals surface area contributed by atoms with Crippen molar-refractivity contribution in [3.8, 4) is 5.75 Å². The van der Waals surface area contributed by atoms with Crippen LogP contribution in [0.3, 0.4) is 0 Å². The molecule has 8 heteroatoms. The second kappa shape index (κ2) is 7.98. The van der Waals surface area contributed by atoms with Crippen LogP contribution in [0.25, 0.3) is 0 Å². The van der Waals surface area contributed by atoms with Crippen molar-refractivity contribution in [2.75, 3.05) is 6.79 Å². The van der Waals surface area contributed by atoms with Gasteiger partial charge in [0.2, 0.25) is 0 Å². The van der Waals surface area contributed by atoms with E-state index in [0.717, 1.165) is 17.5 Å². The number of nitrogens with zero attached hydrogens (tertiary/aromatic N) is 2. The topological polar surface area (TPSA) is 69.1 Å². The number of benzene rings is 2. The number of aromatic amines is 1. The van der Waals surface area contributed by atoms with Gasteiger partial charge in [-0.1, -0.05) is 42.1 Å². The number of fused-ring (bicyclic) bond motifs is 1. The molecule has 2 aromatic carbocycles. The number of ether oxygens (including phenoxy) is 2. The van der Waals surface area contributed by atoms with E-state index in [1.54, 1.807) is 4.57 Å². The molecule has 4 rings (SSSR count). The number of nitrogens with one attached hydrogen (secondary N) is 1. The van der Waals surface area contributed by atoms with E-state index in [9.17, 15) is 9.18 Å². The fourth-order valence-electron chi connectivity index (χ4n) is 3.00. The van der Waals surface area contributed by atoms with Crippen LogP contribution in [0.2, 0.25) is 0 Å². The molecule has 0 bridgehead atoms. The van der Waals surface area contributed by atoms with Crippen LogP contribution in [0.1, 0.15) is 16.7 Å². The number of aromatic nitrogens is 3. The SMILES string of the molecule is O=c1[nH]nc(SCc2cc(F)cc3c2OCOC3)n1CCc1ccccc1. The predicted molar refractivity (Wildman–Crippen MR) is 99.2 cm³/mol. The van der Waals surface area contributed by atoms with Crippen LogP contribution in [0, 0.1) is 5.82 Å². The van der Waals surface area contributed by atoms with Crippen LogP contribution < -0.4 is 10.4 Å². The lowest BCUT2D eigenvalue weighted by atomic mass is 10.1. The quantitative estimate of drug-likeness (QED) is 0.658. The molecule has 27 heavy (non-hydrogen) atoms. The molecular weight excluding hydrogens is 369 g/mol. The Hall–Kier alpha value is -2.58. The van der Waals surface area contributed by atoms with Gasteiger partial charge < -0.3 is 9.47 Å². The minimum atomic E-state index is -0.332. The van der Waals surface area contributed by atoms with Crippen molar-refractivity contribution in [3.63, 3.8) is 0 Å². The highest BCUT2D eigenvalue weighted by atomic mass is 32.2. The third kappa shape index (κ3) is 4.06. The van der Waals surface area contributed by atoms with E-state index in [4.69, 9.17) is 9.47 Å². The standard InChI is InChI=1S/C19H18FN3O3S/c20-16-8-14-10-25-12-26-17(14)15(9-16)11-27-19-22-21-18(24)23(19)7-6-13-4-2-1-3-5-13/h1-5,8-9H,6-7,10-12H2,(H,21,24). The number of thioether (sulfide) groups is 1. The Balaban J connectivity index is 1.50. The Morgan fingerprint density at radius 3 is 2.96 bits per heavy atom. The first kappa shape index (κ1) is 17.8. The molecule has 1 aliphatic rings. The molecule has 1 aromatic heterocycles. The lowest BCUT2D eigenvalue weighted by Crippen LogP contribution is -2.19. The van der Waals surface area contributed by atoms with E-state index in [1.165, 1.54) is 23.9 Å². The van der Waals surface area contributed by atoms with Gasteiger partial charge in [0.05, 0.1) is 6.61 Å². The van der Waals surface area contributed by atoms with E-state index >= 15 is 0 Å². The molecule has 2 heterocycles. The summed E-state index contributed by atoms with van der Waals surface area (Å²) in [4.78, 5) is 12.1. The molecule has 1 aliphatic heterocycles. The van der Waals surface area contributed by atoms with Crippen molar-refractivity contribution in [1.29, 1.82) is 0 Å². The third-order valence-electron chi connectivity index (χ3n) is 4.30. The van der Waals surface area contributed by atoms with Crippen LogP contribution >= 0.6 is 11.8 Å². The molecule has 1 N–H and O–H groups in total. The number of rotatable bonds is 6. The fourth-order valence-corrected chi connectivity index (χ4v) is 3.94. The zero-order valence-corrected chi connectivity index (χ0v) is 15.3. The summed E-state index contributed by atoms with van der Waals surface area (Å²) < 4.78 is 26.2. The first-order valence-electron chi connectivity index (χ1n) is 8.54. The summed E-state index contributed by atoms with van der Waals surface area (Å²) in [6.45, 7) is 1.00. The Morgan fingerprint density at radius 1 is 1.26 bits per heavy atom. The van der Waals surface area contributed by atoms with Gasteiger partial charge in [-0.25, -0.2) is 14.3 Å². The molecular formula is C19H18FN3O3S. The lowest BCUT2D eigenvalue weighted by molar-refractivity contribution is -0.0171. The van der Waals surface area contributed by atoms with Gasteiger partial charge in [0.15, 0.2) is 11.9 Å². The van der Waals surface area contributed by atoms with E-state index in [1.807, 2.05) is 30.3 Å². The minimum Gasteiger partial charge on any atom is -0.467 e. The summed E-state index contributed by atoms with van der Waals surface area (Å²) in [7, 11) is 0. The summed E-state index contributed by atoms with van der Waals surface area (Å²) in [5, 5.41) is 7.17. The number of H-pyrrole nitrogens is 1. The van der Waals surface area contributed by atoms with Gasteiger partial charge in [0, 0.05) is 23.4 Å². The van der Waals surface area contributed by atoms with Crippen LogP contribution in [0.5, 0.6) is 5.75 Å².